The number of nitrogens with two attached hydrogens (primary N) is 1. The first-order valence-electron chi connectivity index (χ1n) is 5.71. The smallest absolute Gasteiger partial charge is 0.424 e. The van der Waals surface area contributed by atoms with E-state index < -0.39 is 22.2 Å². The summed E-state index contributed by atoms with van der Waals surface area (Å²) in [4.78, 5) is 22.6. The van der Waals surface area contributed by atoms with E-state index in [1.807, 2.05) is 0 Å². The van der Waals surface area contributed by atoms with Gasteiger partial charge in [0.05, 0.1) is 4.90 Å². The molecular weight excluding hydrogens is 284 g/mol. The third-order valence-electron chi connectivity index (χ3n) is 2.65. The standard InChI is InChI=1S/C12H16N2O5S/c1-8(15)9(2)19-12(16)14(3)20(17,18)11-6-4-10(13)5-7-11/h4-7,9H,13H2,1-3H3. The third-order valence-corrected chi connectivity index (χ3v) is 4.38. The SMILES string of the molecule is CC(=O)C(C)OC(=O)N(C)S(=O)(=O)c1ccc(N)cc1. The highest BCUT2D eigenvalue weighted by molar-refractivity contribution is 7.89. The van der Waals surface area contributed by atoms with Crippen molar-refractivity contribution in [2.24, 2.45) is 0 Å². The van der Waals surface area contributed by atoms with Gasteiger partial charge in [0.2, 0.25) is 0 Å². The third kappa shape index (κ3) is 3.47. The number of ether oxygens (including phenoxy) is 1. The van der Waals surface area contributed by atoms with Crippen LogP contribution in [0.2, 0.25) is 0 Å². The molecule has 8 heteroatoms. The Labute approximate surface area is 117 Å². The Morgan fingerprint density at radius 2 is 1.75 bits per heavy atom. The van der Waals surface area contributed by atoms with Crippen molar-refractivity contribution in [1.82, 2.24) is 4.31 Å². The fourth-order valence-electron chi connectivity index (χ4n) is 1.20. The summed E-state index contributed by atoms with van der Waals surface area (Å²) in [6.07, 6.45) is -2.13. The summed E-state index contributed by atoms with van der Waals surface area (Å²) < 4.78 is 29.5. The number of nitrogens with zero attached hydrogens (tertiary/aromatic N) is 1. The van der Waals surface area contributed by atoms with Crippen molar-refractivity contribution >= 4 is 27.6 Å². The van der Waals surface area contributed by atoms with Crippen molar-refractivity contribution in [1.29, 1.82) is 0 Å². The summed E-state index contributed by atoms with van der Waals surface area (Å²) in [5.74, 6) is -0.378. The molecular formula is C12H16N2O5S. The first kappa shape index (κ1) is 16.0. The molecule has 1 amide bonds. The zero-order valence-corrected chi connectivity index (χ0v) is 12.2. The molecule has 0 aliphatic heterocycles. The zero-order valence-electron chi connectivity index (χ0n) is 11.4. The molecule has 0 radical (unpaired) electrons. The molecule has 0 fully saturated rings. The van der Waals surface area contributed by atoms with Crippen molar-refractivity contribution in [3.8, 4) is 0 Å². The van der Waals surface area contributed by atoms with Gasteiger partial charge in [-0.15, -0.1) is 0 Å². The van der Waals surface area contributed by atoms with Gasteiger partial charge in [0.25, 0.3) is 10.0 Å². The number of amides is 1. The number of carbonyl (C=O) groups excluding carboxylic acids is 2. The van der Waals surface area contributed by atoms with Gasteiger partial charge in [-0.25, -0.2) is 17.5 Å². The van der Waals surface area contributed by atoms with Crippen LogP contribution in [0.3, 0.4) is 0 Å². The van der Waals surface area contributed by atoms with E-state index in [1.54, 1.807) is 0 Å². The molecule has 1 unspecified atom stereocenters. The lowest BCUT2D eigenvalue weighted by atomic mass is 10.3. The molecule has 1 atom stereocenters. The Bertz CT molecular complexity index is 609. The second kappa shape index (κ2) is 5.91. The maximum absolute atomic E-state index is 12.1. The van der Waals surface area contributed by atoms with Crippen molar-refractivity contribution in [3.05, 3.63) is 24.3 Å². The highest BCUT2D eigenvalue weighted by Crippen LogP contribution is 2.17. The van der Waals surface area contributed by atoms with Gasteiger partial charge >= 0.3 is 6.09 Å². The summed E-state index contributed by atoms with van der Waals surface area (Å²) >= 11 is 0. The normalized spacial score (nSPS) is 12.6. The molecule has 7 nitrogen and oxygen atoms in total. The lowest BCUT2D eigenvalue weighted by Crippen LogP contribution is -2.36. The van der Waals surface area contributed by atoms with Gasteiger partial charge in [-0.1, -0.05) is 0 Å². The number of Topliss-reactive ketones (excluding diaryl/α,β-unsaturated/α-hetero) is 1. The Kier molecular flexibility index (Phi) is 4.72. The Balaban J connectivity index is 2.95. The molecule has 0 saturated heterocycles. The van der Waals surface area contributed by atoms with Crippen molar-refractivity contribution in [2.45, 2.75) is 24.8 Å². The first-order chi connectivity index (χ1) is 9.16. The van der Waals surface area contributed by atoms with Crippen LogP contribution in [0.15, 0.2) is 29.2 Å². The molecule has 0 aliphatic rings. The Morgan fingerprint density at radius 1 is 1.25 bits per heavy atom. The number of rotatable bonds is 4. The summed E-state index contributed by atoms with van der Waals surface area (Å²) in [5.41, 5.74) is 5.87. The van der Waals surface area contributed by atoms with E-state index >= 15 is 0 Å². The molecule has 1 aromatic carbocycles. The number of ketones is 1. The van der Waals surface area contributed by atoms with E-state index in [0.29, 0.717) is 9.99 Å². The molecule has 1 rings (SSSR count). The molecule has 1 aromatic rings. The number of sulfonamides is 1. The van der Waals surface area contributed by atoms with Crippen LogP contribution in [0.25, 0.3) is 0 Å². The molecule has 110 valence electrons. The minimum Gasteiger partial charge on any atom is -0.438 e. The number of nitrogen functional groups attached to an aromatic ring is 1. The minimum atomic E-state index is -4.03. The van der Waals surface area contributed by atoms with Gasteiger partial charge in [-0.05, 0) is 38.1 Å². The molecule has 0 aliphatic carbocycles. The number of hydrogen-bond donors (Lipinski definition) is 1. The van der Waals surface area contributed by atoms with Crippen LogP contribution < -0.4 is 5.73 Å². The molecule has 0 heterocycles. The van der Waals surface area contributed by atoms with Crippen LogP contribution in [0, 0.1) is 0 Å². The van der Waals surface area contributed by atoms with Crippen LogP contribution in [0.4, 0.5) is 10.5 Å². The second-order valence-corrected chi connectivity index (χ2v) is 6.15. The van der Waals surface area contributed by atoms with Crippen LogP contribution in [0.5, 0.6) is 0 Å². The Morgan fingerprint density at radius 3 is 2.20 bits per heavy atom. The van der Waals surface area contributed by atoms with Gasteiger partial charge in [0, 0.05) is 12.7 Å². The quantitative estimate of drug-likeness (QED) is 0.831. The zero-order chi connectivity index (χ0) is 15.5. The van der Waals surface area contributed by atoms with Gasteiger partial charge in [0.1, 0.15) is 0 Å². The van der Waals surface area contributed by atoms with Gasteiger partial charge in [-0.3, -0.25) is 4.79 Å². The molecule has 0 bridgehead atoms. The topological polar surface area (TPSA) is 107 Å². The monoisotopic (exact) mass is 300 g/mol. The molecule has 0 saturated carbocycles. The predicted octanol–water partition coefficient (Wildman–Crippen LogP) is 1.00. The number of benzene rings is 1. The molecule has 2 N–H and O–H groups in total. The van der Waals surface area contributed by atoms with Crippen molar-refractivity contribution in [3.63, 3.8) is 0 Å². The molecule has 0 spiro atoms. The fraction of sp³-hybridized carbons (Fsp3) is 0.333. The first-order valence-corrected chi connectivity index (χ1v) is 7.16. The van der Waals surface area contributed by atoms with E-state index in [-0.39, 0.29) is 10.7 Å². The summed E-state index contributed by atoms with van der Waals surface area (Å²) in [7, 11) is -2.98. The van der Waals surface area contributed by atoms with Gasteiger partial charge in [0.15, 0.2) is 11.9 Å². The lowest BCUT2D eigenvalue weighted by Gasteiger charge is -2.19. The predicted molar refractivity (Wildman–Crippen MR) is 72.4 cm³/mol. The molecule has 0 aromatic heterocycles. The highest BCUT2D eigenvalue weighted by atomic mass is 32.2. The second-order valence-electron chi connectivity index (χ2n) is 4.18. The van der Waals surface area contributed by atoms with Gasteiger partial charge in [-0.2, -0.15) is 0 Å². The van der Waals surface area contributed by atoms with Crippen LogP contribution >= 0.6 is 0 Å². The highest BCUT2D eigenvalue weighted by Gasteiger charge is 2.28. The fourth-order valence-corrected chi connectivity index (χ4v) is 2.24. The Hall–Kier alpha value is -2.09. The summed E-state index contributed by atoms with van der Waals surface area (Å²) in [6.45, 7) is 2.61. The number of hydrogen-bond acceptors (Lipinski definition) is 6. The average molecular weight is 300 g/mol. The lowest BCUT2D eigenvalue weighted by molar-refractivity contribution is -0.124. The van der Waals surface area contributed by atoms with E-state index in [9.17, 15) is 18.0 Å². The van der Waals surface area contributed by atoms with Crippen LogP contribution in [0.1, 0.15) is 13.8 Å². The average Bonchev–Trinajstić information content (AvgIpc) is 2.37. The van der Waals surface area contributed by atoms with Crippen molar-refractivity contribution < 1.29 is 22.7 Å². The van der Waals surface area contributed by atoms with E-state index in [1.165, 1.54) is 38.1 Å². The van der Waals surface area contributed by atoms with E-state index in [0.717, 1.165) is 7.05 Å². The van der Waals surface area contributed by atoms with Crippen molar-refractivity contribution in [2.75, 3.05) is 12.8 Å². The minimum absolute atomic E-state index is 0.0957. The van der Waals surface area contributed by atoms with E-state index in [2.05, 4.69) is 0 Å². The van der Waals surface area contributed by atoms with Crippen LogP contribution in [-0.2, 0) is 19.6 Å². The molecule has 20 heavy (non-hydrogen) atoms. The van der Waals surface area contributed by atoms with Crippen LogP contribution in [-0.4, -0.2) is 37.8 Å². The number of anilines is 1. The maximum Gasteiger partial charge on any atom is 0.424 e. The largest absolute Gasteiger partial charge is 0.438 e. The van der Waals surface area contributed by atoms with Gasteiger partial charge < -0.3 is 10.5 Å². The maximum atomic E-state index is 12.1. The summed E-state index contributed by atoms with van der Waals surface area (Å²) in [6, 6.07) is 5.38. The number of carbonyl (C=O) groups is 2. The summed E-state index contributed by atoms with van der Waals surface area (Å²) in [5, 5.41) is 0. The van der Waals surface area contributed by atoms with E-state index in [4.69, 9.17) is 10.5 Å².